The van der Waals surface area contributed by atoms with Crippen LogP contribution < -0.4 is 10.0 Å². The van der Waals surface area contributed by atoms with Gasteiger partial charge in [-0.15, -0.1) is 0 Å². The molecule has 3 amide bonds. The van der Waals surface area contributed by atoms with Gasteiger partial charge in [-0.2, -0.15) is 12.6 Å². The summed E-state index contributed by atoms with van der Waals surface area (Å²) >= 11 is 11.1. The molecule has 0 fully saturated rings. The molecule has 0 spiro atoms. The highest BCUT2D eigenvalue weighted by Gasteiger charge is 2.25. The average molecular weight is 692 g/mol. The largest absolute Gasteiger partial charge is 0.384 e. The van der Waals surface area contributed by atoms with Gasteiger partial charge in [-0.1, -0.05) is 73.5 Å². The SMILES string of the molecule is CCCCC(=O)N(CCC(=O)NC[C@H](S)Cc1ccccc1F)Cc1ccc(-c2ccccc2S(=O)(=O)NC(=O)[C@H](C)O)c(Cl)c1. The normalized spacial score (nSPS) is 12.7. The first kappa shape index (κ1) is 37.0. The maximum atomic E-state index is 14.0. The molecule has 0 heterocycles. The number of nitrogens with zero attached hydrogens (tertiary/aromatic N) is 1. The number of thiol groups is 1. The second-order valence-electron chi connectivity index (χ2n) is 10.9. The first-order valence-electron chi connectivity index (χ1n) is 14.9. The number of sulfonamides is 1. The predicted octanol–water partition coefficient (Wildman–Crippen LogP) is 4.90. The van der Waals surface area contributed by atoms with Crippen LogP contribution in [0.3, 0.4) is 0 Å². The van der Waals surface area contributed by atoms with Gasteiger partial charge in [0.2, 0.25) is 11.8 Å². The molecular formula is C33H39ClFN3O6S2. The first-order chi connectivity index (χ1) is 21.8. The molecule has 0 aromatic heterocycles. The number of unbranched alkanes of at least 4 members (excludes halogenated alkanes) is 1. The van der Waals surface area contributed by atoms with Crippen LogP contribution >= 0.6 is 24.2 Å². The second-order valence-corrected chi connectivity index (χ2v) is 13.7. The van der Waals surface area contributed by atoms with E-state index in [0.29, 0.717) is 36.0 Å². The second kappa shape index (κ2) is 17.5. The highest BCUT2D eigenvalue weighted by molar-refractivity contribution is 7.90. The number of amides is 3. The molecule has 0 radical (unpaired) electrons. The fourth-order valence-corrected chi connectivity index (χ4v) is 6.48. The fourth-order valence-electron chi connectivity index (χ4n) is 4.62. The number of aliphatic hydroxyl groups excluding tert-OH is 1. The van der Waals surface area contributed by atoms with Gasteiger partial charge in [-0.3, -0.25) is 14.4 Å². The van der Waals surface area contributed by atoms with Gasteiger partial charge in [0.15, 0.2) is 0 Å². The Bertz CT molecular complexity index is 1640. The smallest absolute Gasteiger partial charge is 0.264 e. The van der Waals surface area contributed by atoms with E-state index >= 15 is 0 Å². The van der Waals surface area contributed by atoms with Crippen molar-refractivity contribution in [3.63, 3.8) is 0 Å². The van der Waals surface area contributed by atoms with Crippen molar-refractivity contribution in [2.24, 2.45) is 0 Å². The standard InChI is InChI=1S/C33H39ClFN3O6S2/c1-3-4-13-32(41)38(17-16-31(40)36-20-25(45)19-24-9-5-7-11-29(24)35)21-23-14-15-26(28(34)18-23)27-10-6-8-12-30(27)46(43,44)37-33(42)22(2)39/h5-12,14-15,18,22,25,39,45H,3-4,13,16-17,19-21H2,1-2H3,(H,36,40)(H,37,42)/t22-,25+/m0/s1. The predicted molar refractivity (Wildman–Crippen MR) is 179 cm³/mol. The third kappa shape index (κ3) is 10.8. The van der Waals surface area contributed by atoms with Crippen molar-refractivity contribution in [1.82, 2.24) is 14.9 Å². The van der Waals surface area contributed by atoms with Crippen LogP contribution in [0.25, 0.3) is 11.1 Å². The third-order valence-electron chi connectivity index (χ3n) is 7.14. The van der Waals surface area contributed by atoms with E-state index in [1.807, 2.05) is 11.6 Å². The van der Waals surface area contributed by atoms with Gasteiger partial charge in [-0.05, 0) is 49.1 Å². The molecule has 13 heteroatoms. The number of hydrogen-bond donors (Lipinski definition) is 4. The third-order valence-corrected chi connectivity index (χ3v) is 9.22. The molecule has 46 heavy (non-hydrogen) atoms. The Balaban J connectivity index is 1.71. The van der Waals surface area contributed by atoms with Crippen LogP contribution in [0.2, 0.25) is 5.02 Å². The molecule has 3 rings (SSSR count). The summed E-state index contributed by atoms with van der Waals surface area (Å²) in [6.45, 7) is 3.69. The van der Waals surface area contributed by atoms with Gasteiger partial charge >= 0.3 is 0 Å². The van der Waals surface area contributed by atoms with Crippen molar-refractivity contribution in [3.8, 4) is 11.1 Å². The molecule has 0 aliphatic rings. The zero-order chi connectivity index (χ0) is 33.9. The van der Waals surface area contributed by atoms with Crippen molar-refractivity contribution in [1.29, 1.82) is 0 Å². The summed E-state index contributed by atoms with van der Waals surface area (Å²) in [6.07, 6.45) is 0.703. The number of rotatable bonds is 16. The number of benzene rings is 3. The van der Waals surface area contributed by atoms with E-state index in [4.69, 9.17) is 11.6 Å². The lowest BCUT2D eigenvalue weighted by molar-refractivity contribution is -0.132. The topological polar surface area (TPSA) is 133 Å². The molecule has 0 unspecified atom stereocenters. The zero-order valence-electron chi connectivity index (χ0n) is 25.7. The Kier molecular flexibility index (Phi) is 14.1. The number of carbonyl (C=O) groups is 3. The van der Waals surface area contributed by atoms with Gasteiger partial charge in [0.1, 0.15) is 11.9 Å². The number of hydrogen-bond acceptors (Lipinski definition) is 7. The van der Waals surface area contributed by atoms with Gasteiger partial charge in [0, 0.05) is 53.9 Å². The van der Waals surface area contributed by atoms with E-state index < -0.39 is 22.0 Å². The van der Waals surface area contributed by atoms with Crippen molar-refractivity contribution in [3.05, 3.63) is 88.7 Å². The summed E-state index contributed by atoms with van der Waals surface area (Å²) in [6, 6.07) is 17.4. The minimum Gasteiger partial charge on any atom is -0.384 e. The highest BCUT2D eigenvalue weighted by Crippen LogP contribution is 2.34. The van der Waals surface area contributed by atoms with Crippen molar-refractivity contribution < 1.29 is 32.3 Å². The minimum atomic E-state index is -4.32. The van der Waals surface area contributed by atoms with Gasteiger partial charge < -0.3 is 15.3 Å². The molecule has 9 nitrogen and oxygen atoms in total. The summed E-state index contributed by atoms with van der Waals surface area (Å²) in [7, 11) is -4.32. The average Bonchev–Trinajstić information content (AvgIpc) is 3.01. The lowest BCUT2D eigenvalue weighted by Crippen LogP contribution is -2.37. The molecule has 0 saturated heterocycles. The number of aliphatic hydroxyl groups is 1. The van der Waals surface area contributed by atoms with Gasteiger partial charge in [-0.25, -0.2) is 17.5 Å². The molecule has 2 atom stereocenters. The number of carbonyl (C=O) groups excluding carboxylic acids is 3. The molecule has 0 saturated carbocycles. The maximum Gasteiger partial charge on any atom is 0.264 e. The van der Waals surface area contributed by atoms with Crippen LogP contribution in [0.1, 0.15) is 50.7 Å². The lowest BCUT2D eigenvalue weighted by Gasteiger charge is -2.23. The van der Waals surface area contributed by atoms with Crippen LogP contribution in [-0.2, 0) is 37.4 Å². The Morgan fingerprint density at radius 3 is 2.39 bits per heavy atom. The van der Waals surface area contributed by atoms with Crippen LogP contribution in [0.5, 0.6) is 0 Å². The molecule has 0 bridgehead atoms. The maximum absolute atomic E-state index is 14.0. The summed E-state index contributed by atoms with van der Waals surface area (Å²) in [5.41, 5.74) is 1.82. The highest BCUT2D eigenvalue weighted by atomic mass is 35.5. The Hall–Kier alpha value is -3.45. The molecule has 0 aliphatic heterocycles. The van der Waals surface area contributed by atoms with E-state index in [1.54, 1.807) is 53.4 Å². The monoisotopic (exact) mass is 691 g/mol. The van der Waals surface area contributed by atoms with Gasteiger partial charge in [0.25, 0.3) is 15.9 Å². The number of halogens is 2. The van der Waals surface area contributed by atoms with Crippen LogP contribution in [0.4, 0.5) is 4.39 Å². The summed E-state index contributed by atoms with van der Waals surface area (Å²) in [5.74, 6) is -1.77. The summed E-state index contributed by atoms with van der Waals surface area (Å²) in [4.78, 5) is 39.0. The fraction of sp³-hybridized carbons (Fsp3) is 0.364. The molecule has 0 aliphatic carbocycles. The Morgan fingerprint density at radius 2 is 1.72 bits per heavy atom. The Labute approximate surface area is 280 Å². The number of nitrogens with one attached hydrogen (secondary N) is 2. The molecule has 3 aromatic rings. The lowest BCUT2D eigenvalue weighted by atomic mass is 10.0. The molecular weight excluding hydrogens is 653 g/mol. The van der Waals surface area contributed by atoms with Crippen LogP contribution in [0.15, 0.2) is 71.6 Å². The minimum absolute atomic E-state index is 0.0489. The van der Waals surface area contributed by atoms with E-state index in [2.05, 4.69) is 17.9 Å². The van der Waals surface area contributed by atoms with Gasteiger partial charge in [0.05, 0.1) is 4.90 Å². The zero-order valence-corrected chi connectivity index (χ0v) is 28.2. The van der Waals surface area contributed by atoms with Crippen molar-refractivity contribution in [2.45, 2.75) is 68.7 Å². The van der Waals surface area contributed by atoms with E-state index in [-0.39, 0.29) is 64.4 Å². The molecule has 248 valence electrons. The summed E-state index contributed by atoms with van der Waals surface area (Å²) < 4.78 is 41.7. The van der Waals surface area contributed by atoms with Crippen LogP contribution in [-0.4, -0.2) is 60.6 Å². The van der Waals surface area contributed by atoms with Crippen molar-refractivity contribution >= 4 is 52.0 Å². The Morgan fingerprint density at radius 1 is 1.02 bits per heavy atom. The first-order valence-corrected chi connectivity index (χ1v) is 17.3. The van der Waals surface area contributed by atoms with E-state index in [0.717, 1.165) is 13.3 Å². The van der Waals surface area contributed by atoms with E-state index in [9.17, 15) is 32.3 Å². The molecule has 3 N–H and O–H groups in total. The summed E-state index contributed by atoms with van der Waals surface area (Å²) in [5, 5.41) is 12.2. The van der Waals surface area contributed by atoms with Crippen molar-refractivity contribution in [2.75, 3.05) is 13.1 Å². The van der Waals surface area contributed by atoms with E-state index in [1.165, 1.54) is 18.2 Å². The molecule has 3 aromatic carbocycles. The van der Waals surface area contributed by atoms with Crippen LogP contribution in [0, 0.1) is 5.82 Å². The quantitative estimate of drug-likeness (QED) is 0.158.